The van der Waals surface area contributed by atoms with Crippen LogP contribution >= 0.6 is 0 Å². The molecule has 1 aliphatic rings. The van der Waals surface area contributed by atoms with Gasteiger partial charge in [-0.2, -0.15) is 0 Å². The van der Waals surface area contributed by atoms with Gasteiger partial charge in [-0.15, -0.1) is 0 Å². The fraction of sp³-hybridized carbons (Fsp3) is 0.318. The predicted octanol–water partition coefficient (Wildman–Crippen LogP) is 2.73. The molecular weight excluding hydrogens is 477 g/mol. The van der Waals surface area contributed by atoms with E-state index in [-0.39, 0.29) is 47.7 Å². The van der Waals surface area contributed by atoms with Crippen LogP contribution in [0, 0.1) is 17.5 Å². The van der Waals surface area contributed by atoms with Crippen molar-refractivity contribution >= 4 is 10.0 Å². The summed E-state index contributed by atoms with van der Waals surface area (Å²) < 4.78 is 80.5. The first kappa shape index (κ1) is 24.2. The molecule has 34 heavy (non-hydrogen) atoms. The van der Waals surface area contributed by atoms with Crippen molar-refractivity contribution in [3.63, 3.8) is 0 Å². The van der Waals surface area contributed by atoms with E-state index >= 15 is 0 Å². The molecule has 12 heteroatoms. The minimum atomic E-state index is -3.59. The highest BCUT2D eigenvalue weighted by molar-refractivity contribution is 7.88. The van der Waals surface area contributed by atoms with Gasteiger partial charge in [-0.25, -0.2) is 31.3 Å². The van der Waals surface area contributed by atoms with E-state index in [1.54, 1.807) is 0 Å². The molecule has 8 nitrogen and oxygen atoms in total. The lowest BCUT2D eigenvalue weighted by Gasteiger charge is -2.26. The highest BCUT2D eigenvalue weighted by Crippen LogP contribution is 2.41. The number of halogens is 3. The summed E-state index contributed by atoms with van der Waals surface area (Å²) in [6, 6.07) is 4.61. The van der Waals surface area contributed by atoms with E-state index in [1.807, 2.05) is 0 Å². The number of nitrogens with one attached hydrogen (secondary N) is 1. The third-order valence-electron chi connectivity index (χ3n) is 5.51. The summed E-state index contributed by atoms with van der Waals surface area (Å²) in [4.78, 5) is 4.16. The van der Waals surface area contributed by atoms with Crippen molar-refractivity contribution in [2.45, 2.75) is 31.1 Å². The fourth-order valence-corrected chi connectivity index (χ4v) is 4.82. The topological polar surface area (TPSA) is 122 Å². The summed E-state index contributed by atoms with van der Waals surface area (Å²) >= 11 is 0. The Morgan fingerprint density at radius 2 is 1.94 bits per heavy atom. The summed E-state index contributed by atoms with van der Waals surface area (Å²) in [7, 11) is -3.59. The lowest BCUT2D eigenvalue weighted by molar-refractivity contribution is -0.0221. The van der Waals surface area contributed by atoms with Gasteiger partial charge in [0.1, 0.15) is 29.2 Å². The number of nitrogens with zero attached hydrogens (tertiary/aromatic N) is 1. The molecule has 0 radical (unpaired) electrons. The van der Waals surface area contributed by atoms with Gasteiger partial charge >= 0.3 is 0 Å². The Bertz CT molecular complexity index is 1330. The maximum Gasteiger partial charge on any atom is 0.227 e. The first-order chi connectivity index (χ1) is 16.0. The largest absolute Gasteiger partial charge is 0.504 e. The Kier molecular flexibility index (Phi) is 6.42. The molecule has 2 heterocycles. The average molecular weight is 498 g/mol. The number of aromatic nitrogens is 1. The van der Waals surface area contributed by atoms with Gasteiger partial charge in [0.25, 0.3) is 0 Å². The first-order valence-electron chi connectivity index (χ1n) is 10.1. The molecule has 3 N–H and O–H groups in total. The fourth-order valence-electron chi connectivity index (χ4n) is 4.07. The number of para-hydroxylation sites is 1. The first-order valence-corrected chi connectivity index (χ1v) is 12.0. The predicted molar refractivity (Wildman–Crippen MR) is 114 cm³/mol. The zero-order valence-corrected chi connectivity index (χ0v) is 18.7. The summed E-state index contributed by atoms with van der Waals surface area (Å²) in [5.74, 6) is -3.73. The number of rotatable bonds is 7. The number of oxazole rings is 1. The number of ether oxygens (including phenoxy) is 1. The molecule has 1 aromatic heterocycles. The van der Waals surface area contributed by atoms with Crippen molar-refractivity contribution in [3.05, 3.63) is 71.2 Å². The smallest absolute Gasteiger partial charge is 0.227 e. The molecule has 1 aliphatic heterocycles. The van der Waals surface area contributed by atoms with Gasteiger partial charge in [0, 0.05) is 36.1 Å². The van der Waals surface area contributed by atoms with E-state index in [9.17, 15) is 31.8 Å². The quantitative estimate of drug-likeness (QED) is 0.458. The third-order valence-corrected chi connectivity index (χ3v) is 6.27. The number of aliphatic hydroxyl groups excluding tert-OH is 1. The monoisotopic (exact) mass is 498 g/mol. The van der Waals surface area contributed by atoms with Crippen LogP contribution in [0.1, 0.15) is 23.6 Å². The van der Waals surface area contributed by atoms with Crippen molar-refractivity contribution in [2.24, 2.45) is 0 Å². The lowest BCUT2D eigenvalue weighted by Crippen LogP contribution is -2.36. The molecule has 4 rings (SSSR count). The van der Waals surface area contributed by atoms with E-state index in [0.29, 0.717) is 6.07 Å². The summed E-state index contributed by atoms with van der Waals surface area (Å²) in [6.45, 7) is -0.511. The minimum Gasteiger partial charge on any atom is -0.504 e. The van der Waals surface area contributed by atoms with Crippen molar-refractivity contribution in [3.8, 4) is 16.9 Å². The van der Waals surface area contributed by atoms with Gasteiger partial charge in [0.05, 0.1) is 19.5 Å². The molecule has 182 valence electrons. The van der Waals surface area contributed by atoms with Crippen LogP contribution in [0.25, 0.3) is 11.1 Å². The molecule has 0 saturated carbocycles. The zero-order chi connectivity index (χ0) is 24.7. The normalized spacial score (nSPS) is 20.7. The van der Waals surface area contributed by atoms with Crippen LogP contribution in [-0.4, -0.2) is 42.5 Å². The maximum atomic E-state index is 14.9. The van der Waals surface area contributed by atoms with Crippen LogP contribution in [0.15, 0.2) is 41.0 Å². The van der Waals surface area contributed by atoms with Crippen molar-refractivity contribution in [1.29, 1.82) is 0 Å². The molecule has 0 spiro atoms. The SMILES string of the molecule is CS(=O)(=O)N[C@H]1CO[C@](Cc2cc(-c3cccc(F)c3O)c(F)cc2F)(c2nc(CO)co2)C1. The van der Waals surface area contributed by atoms with Crippen LogP contribution in [-0.2, 0) is 33.4 Å². The number of phenolic OH excluding ortho intramolecular Hbond substituents is 1. The second-order valence-corrected chi connectivity index (χ2v) is 9.91. The van der Waals surface area contributed by atoms with Crippen LogP contribution < -0.4 is 4.72 Å². The molecule has 0 amide bonds. The van der Waals surface area contributed by atoms with E-state index < -0.39 is 51.5 Å². The van der Waals surface area contributed by atoms with Crippen LogP contribution in [0.3, 0.4) is 0 Å². The molecule has 2 aromatic carbocycles. The Balaban J connectivity index is 1.77. The number of hydrogen-bond acceptors (Lipinski definition) is 7. The minimum absolute atomic E-state index is 0.00279. The van der Waals surface area contributed by atoms with Gasteiger partial charge in [0.2, 0.25) is 15.9 Å². The summed E-state index contributed by atoms with van der Waals surface area (Å²) in [6.07, 6.45) is 1.92. The number of aromatic hydroxyl groups is 1. The van der Waals surface area contributed by atoms with Crippen molar-refractivity contribution < 1.29 is 41.0 Å². The number of phenols is 1. The lowest BCUT2D eigenvalue weighted by atomic mass is 9.88. The second-order valence-electron chi connectivity index (χ2n) is 8.13. The van der Waals surface area contributed by atoms with E-state index in [2.05, 4.69) is 9.71 Å². The molecule has 1 fully saturated rings. The van der Waals surface area contributed by atoms with Crippen molar-refractivity contribution in [2.75, 3.05) is 12.9 Å². The highest BCUT2D eigenvalue weighted by atomic mass is 32.2. The Morgan fingerprint density at radius 1 is 1.18 bits per heavy atom. The van der Waals surface area contributed by atoms with E-state index in [1.165, 1.54) is 18.4 Å². The van der Waals surface area contributed by atoms with Crippen molar-refractivity contribution in [1.82, 2.24) is 9.71 Å². The molecular formula is C22H21F3N2O6S. The van der Waals surface area contributed by atoms with Crippen LogP contribution in [0.2, 0.25) is 0 Å². The third kappa shape index (κ3) is 4.80. The van der Waals surface area contributed by atoms with Gasteiger partial charge in [0.15, 0.2) is 11.6 Å². The van der Waals surface area contributed by atoms with Gasteiger partial charge in [-0.3, -0.25) is 0 Å². The molecule has 3 aromatic rings. The summed E-state index contributed by atoms with van der Waals surface area (Å²) in [5.41, 5.74) is -1.74. The number of sulfonamides is 1. The molecule has 0 aliphatic carbocycles. The molecule has 1 saturated heterocycles. The second kappa shape index (κ2) is 9.02. The van der Waals surface area contributed by atoms with E-state index in [4.69, 9.17) is 9.15 Å². The molecule has 0 bridgehead atoms. The molecule has 0 unspecified atom stereocenters. The van der Waals surface area contributed by atoms with E-state index in [0.717, 1.165) is 18.4 Å². The Labute approximate surface area is 193 Å². The van der Waals surface area contributed by atoms with Gasteiger partial charge in [-0.05, 0) is 17.7 Å². The number of hydrogen-bond donors (Lipinski definition) is 3. The van der Waals surface area contributed by atoms with Crippen LogP contribution in [0.5, 0.6) is 5.75 Å². The standard InChI is InChI=1S/C22H21F3N2O6S/c1-34(30,31)27-13-8-22(33-11-13,21-26-14(9-28)10-32-21)7-12-5-16(19(25)6-18(12)24)15-3-2-4-17(23)20(15)29/h2-6,10,13,27-29H,7-9,11H2,1H3/t13-,22+/m1/s1. The van der Waals surface area contributed by atoms with Gasteiger partial charge < -0.3 is 19.4 Å². The average Bonchev–Trinajstić information content (AvgIpc) is 3.39. The highest BCUT2D eigenvalue weighted by Gasteiger charge is 2.47. The van der Waals surface area contributed by atoms with Crippen LogP contribution in [0.4, 0.5) is 13.2 Å². The maximum absolute atomic E-state index is 14.9. The number of benzene rings is 2. The summed E-state index contributed by atoms with van der Waals surface area (Å²) in [5, 5.41) is 19.4. The van der Waals surface area contributed by atoms with Gasteiger partial charge in [-0.1, -0.05) is 12.1 Å². The zero-order valence-electron chi connectivity index (χ0n) is 17.9. The number of aliphatic hydroxyl groups is 1. The Hall–Kier alpha value is -2.93. The molecule has 2 atom stereocenters. The Morgan fingerprint density at radius 3 is 2.62 bits per heavy atom.